The Kier molecular flexibility index (Phi) is 6.76. The summed E-state index contributed by atoms with van der Waals surface area (Å²) in [4.78, 5) is 15.7. The molecule has 0 atom stereocenters. The quantitative estimate of drug-likeness (QED) is 0.591. The molecule has 1 aromatic carbocycles. The van der Waals surface area contributed by atoms with Gasteiger partial charge in [0.1, 0.15) is 17.7 Å². The Hall–Kier alpha value is -3.72. The van der Waals surface area contributed by atoms with E-state index >= 15 is 0 Å². The average molecular weight is 399 g/mol. The van der Waals surface area contributed by atoms with Gasteiger partial charge in [0.15, 0.2) is 5.82 Å². The number of anilines is 2. The lowest BCUT2D eigenvalue weighted by atomic mass is 10.1. The summed E-state index contributed by atoms with van der Waals surface area (Å²) < 4.78 is 0. The van der Waals surface area contributed by atoms with Crippen molar-refractivity contribution in [2.75, 3.05) is 16.8 Å². The number of rotatable bonds is 8. The maximum Gasteiger partial charge on any atom is 0.166 e. The summed E-state index contributed by atoms with van der Waals surface area (Å²) in [6, 6.07) is 14.4. The smallest absolute Gasteiger partial charge is 0.166 e. The first-order chi connectivity index (χ1) is 14.5. The summed E-state index contributed by atoms with van der Waals surface area (Å²) in [7, 11) is 0. The van der Waals surface area contributed by atoms with Crippen molar-refractivity contribution in [3.63, 3.8) is 0 Å². The van der Waals surface area contributed by atoms with Gasteiger partial charge in [0.2, 0.25) is 0 Å². The number of benzene rings is 1. The molecule has 0 bridgehead atoms. The molecule has 0 radical (unpaired) electrons. The Labute approximate surface area is 178 Å². The molecular weight excluding hydrogens is 372 g/mol. The fourth-order valence-corrected chi connectivity index (χ4v) is 3.23. The Morgan fingerprint density at radius 2 is 1.97 bits per heavy atom. The van der Waals surface area contributed by atoms with E-state index in [1.54, 1.807) is 24.7 Å². The van der Waals surface area contributed by atoms with E-state index in [4.69, 9.17) is 9.97 Å². The maximum absolute atomic E-state index is 9.51. The van der Waals surface area contributed by atoms with Gasteiger partial charge in [-0.1, -0.05) is 36.9 Å². The zero-order chi connectivity index (χ0) is 21.5. The van der Waals surface area contributed by atoms with Crippen molar-refractivity contribution in [3.05, 3.63) is 78.3 Å². The molecule has 0 aliphatic heterocycles. The van der Waals surface area contributed by atoms with Gasteiger partial charge in [-0.15, -0.1) is 0 Å². The van der Waals surface area contributed by atoms with E-state index in [0.717, 1.165) is 30.2 Å². The van der Waals surface area contributed by atoms with E-state index in [1.807, 2.05) is 30.0 Å². The van der Waals surface area contributed by atoms with Crippen molar-refractivity contribution >= 4 is 11.6 Å². The third-order valence-electron chi connectivity index (χ3n) is 4.85. The minimum Gasteiger partial charge on any atom is -0.369 e. The minimum absolute atomic E-state index is 0.172. The minimum atomic E-state index is 0.172. The van der Waals surface area contributed by atoms with E-state index in [1.165, 1.54) is 5.56 Å². The lowest BCUT2D eigenvalue weighted by Crippen LogP contribution is -2.27. The van der Waals surface area contributed by atoms with E-state index in [2.05, 4.69) is 48.9 Å². The van der Waals surface area contributed by atoms with Crippen molar-refractivity contribution in [1.29, 1.82) is 5.26 Å². The number of aromatic nitrogens is 3. The summed E-state index contributed by atoms with van der Waals surface area (Å²) in [6.45, 7) is 10.8. The van der Waals surface area contributed by atoms with Crippen LogP contribution in [-0.4, -0.2) is 27.5 Å². The van der Waals surface area contributed by atoms with Gasteiger partial charge in [0, 0.05) is 30.5 Å². The fraction of sp³-hybridized carbons (Fsp3) is 0.250. The van der Waals surface area contributed by atoms with E-state index in [-0.39, 0.29) is 6.04 Å². The second kappa shape index (κ2) is 9.66. The van der Waals surface area contributed by atoms with Gasteiger partial charge in [0.05, 0.1) is 11.1 Å². The molecule has 6 heteroatoms. The highest BCUT2D eigenvalue weighted by atomic mass is 15.2. The van der Waals surface area contributed by atoms with Gasteiger partial charge < -0.3 is 10.2 Å². The Balaban J connectivity index is 2.02. The first kappa shape index (κ1) is 21.0. The third kappa shape index (κ3) is 4.64. The summed E-state index contributed by atoms with van der Waals surface area (Å²) in [5.41, 5.74) is 3.29. The van der Waals surface area contributed by atoms with Crippen molar-refractivity contribution < 1.29 is 0 Å². The lowest BCUT2D eigenvalue weighted by Gasteiger charge is -2.26. The second-order valence-corrected chi connectivity index (χ2v) is 7.22. The largest absolute Gasteiger partial charge is 0.369 e. The van der Waals surface area contributed by atoms with Gasteiger partial charge >= 0.3 is 0 Å². The van der Waals surface area contributed by atoms with Crippen LogP contribution in [0.2, 0.25) is 0 Å². The highest BCUT2D eigenvalue weighted by Gasteiger charge is 2.19. The fourth-order valence-electron chi connectivity index (χ4n) is 3.23. The molecule has 0 saturated carbocycles. The number of pyridine rings is 1. The van der Waals surface area contributed by atoms with Crippen LogP contribution >= 0.6 is 0 Å². The van der Waals surface area contributed by atoms with E-state index in [9.17, 15) is 5.26 Å². The molecule has 3 aromatic rings. The first-order valence-electron chi connectivity index (χ1n) is 9.97. The van der Waals surface area contributed by atoms with Crippen LogP contribution in [0.4, 0.5) is 11.6 Å². The van der Waals surface area contributed by atoms with Crippen molar-refractivity contribution in [2.45, 2.75) is 33.2 Å². The highest BCUT2D eigenvalue weighted by molar-refractivity contribution is 5.70. The van der Waals surface area contributed by atoms with Crippen LogP contribution in [0, 0.1) is 18.3 Å². The molecule has 2 aromatic heterocycles. The monoisotopic (exact) mass is 398 g/mol. The molecule has 0 amide bonds. The van der Waals surface area contributed by atoms with Crippen LogP contribution in [0.3, 0.4) is 0 Å². The van der Waals surface area contributed by atoms with Gasteiger partial charge in [0.25, 0.3) is 0 Å². The second-order valence-electron chi connectivity index (χ2n) is 7.22. The molecular formula is C24H26N6. The first-order valence-corrected chi connectivity index (χ1v) is 9.97. The summed E-state index contributed by atoms with van der Waals surface area (Å²) >= 11 is 0. The number of hydrogen-bond acceptors (Lipinski definition) is 6. The molecule has 0 aliphatic rings. The molecule has 30 heavy (non-hydrogen) atoms. The molecule has 6 nitrogen and oxygen atoms in total. The third-order valence-corrected chi connectivity index (χ3v) is 4.85. The number of hydrogen-bond donors (Lipinski definition) is 1. The lowest BCUT2D eigenvalue weighted by molar-refractivity contribution is 0.767. The standard InChI is InChI=1S/C24H26N6/c1-5-30(17(2)3)24-18(4)22(27-14-11-19-9-7-6-8-10-19)28-23(29-24)21-16-26-13-12-20(21)15-25/h5-10,12-13,16-17H,1,11,14H2,2-4H3,(H,27,28,29). The molecule has 0 aliphatic carbocycles. The van der Waals surface area contributed by atoms with Crippen LogP contribution in [0.15, 0.2) is 61.6 Å². The van der Waals surface area contributed by atoms with Gasteiger partial charge in [-0.05, 0) is 45.0 Å². The SMILES string of the molecule is C=CN(c1nc(-c2cnccc2C#N)nc(NCCc2ccccc2)c1C)C(C)C. The Morgan fingerprint density at radius 3 is 2.63 bits per heavy atom. The summed E-state index contributed by atoms with van der Waals surface area (Å²) in [5.74, 6) is 1.97. The number of nitrogens with one attached hydrogen (secondary N) is 1. The zero-order valence-corrected chi connectivity index (χ0v) is 17.6. The van der Waals surface area contributed by atoms with Crippen LogP contribution in [-0.2, 0) is 6.42 Å². The van der Waals surface area contributed by atoms with Crippen molar-refractivity contribution in [1.82, 2.24) is 15.0 Å². The zero-order valence-electron chi connectivity index (χ0n) is 17.6. The molecule has 152 valence electrons. The number of nitrogens with zero attached hydrogens (tertiary/aromatic N) is 5. The maximum atomic E-state index is 9.51. The molecule has 0 spiro atoms. The molecule has 0 unspecified atom stereocenters. The molecule has 0 saturated heterocycles. The molecule has 2 heterocycles. The molecule has 3 rings (SSSR count). The molecule has 0 fully saturated rings. The van der Waals surface area contributed by atoms with E-state index in [0.29, 0.717) is 17.0 Å². The Morgan fingerprint density at radius 1 is 1.20 bits per heavy atom. The topological polar surface area (TPSA) is 77.7 Å². The molecule has 1 N–H and O–H groups in total. The predicted molar refractivity (Wildman–Crippen MR) is 121 cm³/mol. The summed E-state index contributed by atoms with van der Waals surface area (Å²) in [6.07, 6.45) is 5.88. The average Bonchev–Trinajstić information content (AvgIpc) is 2.77. The van der Waals surface area contributed by atoms with Crippen molar-refractivity contribution in [3.8, 4) is 17.5 Å². The normalized spacial score (nSPS) is 10.5. The number of nitriles is 1. The van der Waals surface area contributed by atoms with E-state index < -0.39 is 0 Å². The summed E-state index contributed by atoms with van der Waals surface area (Å²) in [5, 5.41) is 13.0. The van der Waals surface area contributed by atoms with Gasteiger partial charge in [-0.2, -0.15) is 5.26 Å². The van der Waals surface area contributed by atoms with Gasteiger partial charge in [-0.25, -0.2) is 9.97 Å². The van der Waals surface area contributed by atoms with Gasteiger partial charge in [-0.3, -0.25) is 4.98 Å². The predicted octanol–water partition coefficient (Wildman–Crippen LogP) is 4.73. The van der Waals surface area contributed by atoms with Crippen LogP contribution in [0.25, 0.3) is 11.4 Å². The Bertz CT molecular complexity index is 1050. The van der Waals surface area contributed by atoms with Crippen LogP contribution in [0.1, 0.15) is 30.5 Å². The highest BCUT2D eigenvalue weighted by Crippen LogP contribution is 2.30. The van der Waals surface area contributed by atoms with Crippen LogP contribution in [0.5, 0.6) is 0 Å². The van der Waals surface area contributed by atoms with Crippen molar-refractivity contribution in [2.24, 2.45) is 0 Å². The van der Waals surface area contributed by atoms with Crippen LogP contribution < -0.4 is 10.2 Å².